The number of allylic oxidation sites excluding steroid dienone is 1. The molecule has 3 rings (SSSR count). The van der Waals surface area contributed by atoms with Crippen molar-refractivity contribution in [2.75, 3.05) is 6.61 Å². The summed E-state index contributed by atoms with van der Waals surface area (Å²) in [5.74, 6) is -0.00490. The molecule has 0 amide bonds. The van der Waals surface area contributed by atoms with Crippen molar-refractivity contribution in [1.29, 1.82) is 0 Å². The van der Waals surface area contributed by atoms with E-state index < -0.39 is 8.07 Å². The van der Waals surface area contributed by atoms with Gasteiger partial charge in [-0.3, -0.25) is 4.79 Å². The fourth-order valence-corrected chi connectivity index (χ4v) is 8.80. The Hall–Kier alpha value is -0.843. The van der Waals surface area contributed by atoms with Gasteiger partial charge in [-0.05, 0) is 43.4 Å². The minimum Gasteiger partial charge on any atom is -0.395 e. The van der Waals surface area contributed by atoms with Crippen molar-refractivity contribution in [3.63, 3.8) is 0 Å². The SMILES string of the molecule is C[Si](C)(C)C1CC(C(=O)Sc2ccccc2)C=C2CCCCC21CO. The summed E-state index contributed by atoms with van der Waals surface area (Å²) in [5, 5.41) is 10.6. The van der Waals surface area contributed by atoms with Gasteiger partial charge in [0.05, 0.1) is 6.61 Å². The molecule has 1 aromatic carbocycles. The first-order valence-electron chi connectivity index (χ1n) is 9.45. The second-order valence-electron chi connectivity index (χ2n) is 8.71. The lowest BCUT2D eigenvalue weighted by atomic mass is 9.63. The van der Waals surface area contributed by atoms with Gasteiger partial charge in [0.1, 0.15) is 0 Å². The number of hydrogen-bond acceptors (Lipinski definition) is 3. The first kappa shape index (κ1) is 18.9. The van der Waals surface area contributed by atoms with E-state index in [0.717, 1.165) is 24.2 Å². The van der Waals surface area contributed by atoms with E-state index in [-0.39, 0.29) is 23.1 Å². The topological polar surface area (TPSA) is 37.3 Å². The van der Waals surface area contributed by atoms with E-state index in [1.807, 2.05) is 30.3 Å². The van der Waals surface area contributed by atoms with E-state index in [1.165, 1.54) is 30.2 Å². The molecule has 1 N–H and O–H groups in total. The lowest BCUT2D eigenvalue weighted by molar-refractivity contribution is -0.113. The van der Waals surface area contributed by atoms with Crippen LogP contribution in [0.15, 0.2) is 46.9 Å². The third-order valence-corrected chi connectivity index (χ3v) is 10.0. The van der Waals surface area contributed by atoms with E-state index in [1.54, 1.807) is 0 Å². The summed E-state index contributed by atoms with van der Waals surface area (Å²) in [6, 6.07) is 9.96. The zero-order valence-corrected chi connectivity index (χ0v) is 17.4. The Balaban J connectivity index is 1.90. The van der Waals surface area contributed by atoms with Crippen LogP contribution in [0.1, 0.15) is 32.1 Å². The lowest BCUT2D eigenvalue weighted by Gasteiger charge is -2.53. The number of carbonyl (C=O) groups is 1. The summed E-state index contributed by atoms with van der Waals surface area (Å²) in [5.41, 5.74) is 1.82. The highest BCUT2D eigenvalue weighted by atomic mass is 32.2. The van der Waals surface area contributed by atoms with Gasteiger partial charge in [0.25, 0.3) is 0 Å². The second kappa shape index (κ2) is 7.41. The van der Waals surface area contributed by atoms with Gasteiger partial charge >= 0.3 is 0 Å². The van der Waals surface area contributed by atoms with Crippen LogP contribution in [0.5, 0.6) is 0 Å². The smallest absolute Gasteiger partial charge is 0.200 e. The molecule has 25 heavy (non-hydrogen) atoms. The summed E-state index contributed by atoms with van der Waals surface area (Å²) in [6.07, 6.45) is 7.70. The second-order valence-corrected chi connectivity index (χ2v) is 15.2. The molecular weight excluding hydrogens is 344 g/mol. The van der Waals surface area contributed by atoms with Crippen molar-refractivity contribution in [1.82, 2.24) is 0 Å². The number of benzene rings is 1. The largest absolute Gasteiger partial charge is 0.395 e. The normalized spacial score (nSPS) is 29.7. The molecule has 3 unspecified atom stereocenters. The van der Waals surface area contributed by atoms with Crippen LogP contribution >= 0.6 is 11.8 Å². The van der Waals surface area contributed by atoms with E-state index in [4.69, 9.17) is 0 Å². The van der Waals surface area contributed by atoms with Crippen molar-refractivity contribution in [3.05, 3.63) is 42.0 Å². The maximum absolute atomic E-state index is 13.0. The Labute approximate surface area is 157 Å². The summed E-state index contributed by atoms with van der Waals surface area (Å²) >= 11 is 1.38. The molecule has 136 valence electrons. The molecule has 0 aliphatic heterocycles. The highest BCUT2D eigenvalue weighted by molar-refractivity contribution is 8.13. The number of carbonyl (C=O) groups excluding carboxylic acids is 1. The minimum atomic E-state index is -1.50. The summed E-state index contributed by atoms with van der Waals surface area (Å²) in [6.45, 7) is 7.45. The molecular formula is C21H30O2SSi. The minimum absolute atomic E-state index is 0.00490. The van der Waals surface area contributed by atoms with Gasteiger partial charge in [0.2, 0.25) is 5.12 Å². The van der Waals surface area contributed by atoms with Gasteiger partial charge in [-0.25, -0.2) is 0 Å². The quantitative estimate of drug-likeness (QED) is 0.429. The van der Waals surface area contributed by atoms with Gasteiger partial charge < -0.3 is 5.11 Å². The third-order valence-electron chi connectivity index (χ3n) is 6.11. The zero-order valence-electron chi connectivity index (χ0n) is 15.6. The Morgan fingerprint density at radius 2 is 1.96 bits per heavy atom. The number of aliphatic hydroxyl groups excluding tert-OH is 1. The standard InChI is InChI=1S/C21H30O2SSi/c1-25(2,3)19-14-16(20(23)24-18-10-5-4-6-11-18)13-17-9-7-8-12-21(17,19)15-22/h4-6,10-11,13,16,19,22H,7-9,12,14-15H2,1-3H3. The van der Waals surface area contributed by atoms with Crippen LogP contribution in [-0.2, 0) is 4.79 Å². The van der Waals surface area contributed by atoms with Crippen molar-refractivity contribution >= 4 is 25.0 Å². The number of hydrogen-bond donors (Lipinski definition) is 1. The molecule has 2 aliphatic carbocycles. The molecule has 3 atom stereocenters. The van der Waals surface area contributed by atoms with Crippen LogP contribution in [0, 0.1) is 11.3 Å². The number of fused-ring (bicyclic) bond motifs is 1. The molecule has 0 saturated heterocycles. The molecule has 0 spiro atoms. The average Bonchev–Trinajstić information content (AvgIpc) is 2.60. The van der Waals surface area contributed by atoms with Gasteiger partial charge in [0, 0.05) is 24.3 Å². The first-order chi connectivity index (χ1) is 11.9. The third kappa shape index (κ3) is 3.81. The summed E-state index contributed by atoms with van der Waals surface area (Å²) < 4.78 is 0. The van der Waals surface area contributed by atoms with Crippen LogP contribution in [0.25, 0.3) is 0 Å². The molecule has 1 fully saturated rings. The zero-order chi connectivity index (χ0) is 18.1. The maximum atomic E-state index is 13.0. The van der Waals surface area contributed by atoms with Crippen LogP contribution in [0.3, 0.4) is 0 Å². The van der Waals surface area contributed by atoms with Crippen LogP contribution in [-0.4, -0.2) is 24.9 Å². The molecule has 0 bridgehead atoms. The number of rotatable bonds is 4. The summed E-state index contributed by atoms with van der Waals surface area (Å²) in [7, 11) is -1.50. The molecule has 1 aromatic rings. The molecule has 0 aromatic heterocycles. The summed E-state index contributed by atoms with van der Waals surface area (Å²) in [4.78, 5) is 14.0. The highest BCUT2D eigenvalue weighted by Gasteiger charge is 2.51. The van der Waals surface area contributed by atoms with E-state index >= 15 is 0 Å². The predicted octanol–water partition coefficient (Wildman–Crippen LogP) is 5.51. The first-order valence-corrected chi connectivity index (χ1v) is 13.8. The van der Waals surface area contributed by atoms with E-state index in [2.05, 4.69) is 25.7 Å². The monoisotopic (exact) mass is 374 g/mol. The molecule has 1 saturated carbocycles. The molecule has 2 aliphatic rings. The van der Waals surface area contributed by atoms with Crippen molar-refractivity contribution < 1.29 is 9.90 Å². The van der Waals surface area contributed by atoms with Crippen molar-refractivity contribution in [2.24, 2.45) is 11.3 Å². The fourth-order valence-electron chi connectivity index (χ4n) is 4.92. The Kier molecular flexibility index (Phi) is 5.62. The fraction of sp³-hybridized carbons (Fsp3) is 0.571. The van der Waals surface area contributed by atoms with Gasteiger partial charge in [0.15, 0.2) is 0 Å². The highest BCUT2D eigenvalue weighted by Crippen LogP contribution is 2.58. The van der Waals surface area contributed by atoms with E-state index in [9.17, 15) is 9.90 Å². The van der Waals surface area contributed by atoms with E-state index in [0.29, 0.717) is 5.54 Å². The molecule has 4 heteroatoms. The van der Waals surface area contributed by atoms with Gasteiger partial charge in [-0.2, -0.15) is 0 Å². The van der Waals surface area contributed by atoms with Crippen LogP contribution in [0.2, 0.25) is 25.2 Å². The lowest BCUT2D eigenvalue weighted by Crippen LogP contribution is -2.49. The van der Waals surface area contributed by atoms with Gasteiger partial charge in [-0.15, -0.1) is 0 Å². The average molecular weight is 375 g/mol. The van der Waals surface area contributed by atoms with Gasteiger partial charge in [-0.1, -0.05) is 67.7 Å². The van der Waals surface area contributed by atoms with Crippen molar-refractivity contribution in [2.45, 2.75) is 62.2 Å². The maximum Gasteiger partial charge on any atom is 0.200 e. The molecule has 2 nitrogen and oxygen atoms in total. The van der Waals surface area contributed by atoms with Crippen LogP contribution < -0.4 is 0 Å². The molecule has 0 radical (unpaired) electrons. The number of thioether (sulfide) groups is 1. The Morgan fingerprint density at radius 3 is 2.60 bits per heavy atom. The van der Waals surface area contributed by atoms with Crippen molar-refractivity contribution in [3.8, 4) is 0 Å². The van der Waals surface area contributed by atoms with Crippen LogP contribution in [0.4, 0.5) is 0 Å². The molecule has 0 heterocycles. The predicted molar refractivity (Wildman–Crippen MR) is 109 cm³/mol. The Bertz CT molecular complexity index is 650. The number of aliphatic hydroxyl groups is 1. The Morgan fingerprint density at radius 1 is 1.24 bits per heavy atom.